The van der Waals surface area contributed by atoms with Crippen molar-refractivity contribution >= 4 is 0 Å². The van der Waals surface area contributed by atoms with Gasteiger partial charge in [-0.15, -0.1) is 0 Å². The zero-order chi connectivity index (χ0) is 14.5. The number of likely N-dealkylation sites (N-methyl/N-ethyl adjacent to an activating group) is 1. The van der Waals surface area contributed by atoms with Crippen LogP contribution < -0.4 is 10.1 Å². The van der Waals surface area contributed by atoms with Gasteiger partial charge in [0.05, 0.1) is 18.2 Å². The van der Waals surface area contributed by atoms with Crippen LogP contribution in [0.3, 0.4) is 0 Å². The van der Waals surface area contributed by atoms with Crippen LogP contribution in [0.1, 0.15) is 45.7 Å². The fourth-order valence-electron chi connectivity index (χ4n) is 2.81. The highest BCUT2D eigenvalue weighted by Crippen LogP contribution is 2.32. The van der Waals surface area contributed by atoms with E-state index in [-0.39, 0.29) is 18.2 Å². The van der Waals surface area contributed by atoms with Crippen molar-refractivity contribution in [2.75, 3.05) is 13.2 Å². The summed E-state index contributed by atoms with van der Waals surface area (Å²) in [6, 6.07) is 8.68. The fraction of sp³-hybridized carbons (Fsp3) is 0.647. The van der Waals surface area contributed by atoms with Gasteiger partial charge in [0.15, 0.2) is 0 Å². The predicted molar refractivity (Wildman–Crippen MR) is 82.1 cm³/mol. The van der Waals surface area contributed by atoms with E-state index in [1.165, 1.54) is 5.56 Å². The summed E-state index contributed by atoms with van der Waals surface area (Å²) in [5.74, 6) is 1.53. The van der Waals surface area contributed by atoms with Crippen LogP contribution in [0, 0.1) is 5.92 Å². The number of ether oxygens (including phenoxy) is 2. The van der Waals surface area contributed by atoms with E-state index in [1.807, 2.05) is 13.8 Å². The lowest BCUT2D eigenvalue weighted by molar-refractivity contribution is 0.0612. The molecule has 112 valence electrons. The summed E-state index contributed by atoms with van der Waals surface area (Å²) >= 11 is 0. The van der Waals surface area contributed by atoms with Crippen LogP contribution in [0.5, 0.6) is 5.75 Å². The van der Waals surface area contributed by atoms with Gasteiger partial charge in [0.1, 0.15) is 5.75 Å². The van der Waals surface area contributed by atoms with E-state index in [0.29, 0.717) is 5.92 Å². The molecule has 3 atom stereocenters. The van der Waals surface area contributed by atoms with Gasteiger partial charge in [-0.3, -0.25) is 0 Å². The molecule has 0 radical (unpaired) electrons. The summed E-state index contributed by atoms with van der Waals surface area (Å²) in [6.45, 7) is 10.3. The molecule has 0 bridgehead atoms. The van der Waals surface area contributed by atoms with Crippen LogP contribution in [-0.4, -0.2) is 25.4 Å². The van der Waals surface area contributed by atoms with Crippen molar-refractivity contribution in [3.8, 4) is 5.75 Å². The Balaban J connectivity index is 2.12. The standard InChI is InChI=1S/C17H27NO2/c1-5-18-16(17-13(4)10-11-19-17)14-6-8-15(9-7-14)20-12(2)3/h6-9,12-13,16-18H,5,10-11H2,1-4H3. The molecule has 0 aromatic heterocycles. The molecule has 3 nitrogen and oxygen atoms in total. The first kappa shape index (κ1) is 15.3. The maximum Gasteiger partial charge on any atom is 0.119 e. The van der Waals surface area contributed by atoms with Gasteiger partial charge in [0, 0.05) is 6.61 Å². The molecule has 1 aliphatic heterocycles. The molecule has 1 aromatic carbocycles. The minimum Gasteiger partial charge on any atom is -0.491 e. The Bertz CT molecular complexity index is 402. The van der Waals surface area contributed by atoms with Crippen molar-refractivity contribution < 1.29 is 9.47 Å². The zero-order valence-electron chi connectivity index (χ0n) is 13.1. The van der Waals surface area contributed by atoms with Crippen LogP contribution in [0.25, 0.3) is 0 Å². The van der Waals surface area contributed by atoms with E-state index in [2.05, 4.69) is 43.4 Å². The van der Waals surface area contributed by atoms with Crippen LogP contribution in [0.4, 0.5) is 0 Å². The minimum absolute atomic E-state index is 0.212. The third-order valence-electron chi connectivity index (χ3n) is 3.81. The molecule has 1 aliphatic rings. The highest BCUT2D eigenvalue weighted by Gasteiger charge is 2.32. The van der Waals surface area contributed by atoms with Gasteiger partial charge in [0.25, 0.3) is 0 Å². The second-order valence-corrected chi connectivity index (χ2v) is 5.87. The van der Waals surface area contributed by atoms with Gasteiger partial charge in [-0.1, -0.05) is 26.0 Å². The largest absolute Gasteiger partial charge is 0.491 e. The first-order chi connectivity index (χ1) is 9.61. The molecule has 1 fully saturated rings. The molecular formula is C17H27NO2. The lowest BCUT2D eigenvalue weighted by Gasteiger charge is -2.27. The normalized spacial score (nSPS) is 24.1. The molecule has 0 saturated carbocycles. The summed E-state index contributed by atoms with van der Waals surface area (Å²) in [6.07, 6.45) is 1.64. The van der Waals surface area contributed by atoms with E-state index in [4.69, 9.17) is 9.47 Å². The van der Waals surface area contributed by atoms with Crippen molar-refractivity contribution in [1.82, 2.24) is 5.32 Å². The Morgan fingerprint density at radius 2 is 2.00 bits per heavy atom. The van der Waals surface area contributed by atoms with E-state index in [1.54, 1.807) is 0 Å². The van der Waals surface area contributed by atoms with Gasteiger partial charge < -0.3 is 14.8 Å². The number of rotatable bonds is 6. The molecule has 1 heterocycles. The Morgan fingerprint density at radius 3 is 2.50 bits per heavy atom. The van der Waals surface area contributed by atoms with Gasteiger partial charge in [-0.2, -0.15) is 0 Å². The molecule has 1 aromatic rings. The van der Waals surface area contributed by atoms with E-state index < -0.39 is 0 Å². The van der Waals surface area contributed by atoms with E-state index in [9.17, 15) is 0 Å². The van der Waals surface area contributed by atoms with Crippen LogP contribution in [0.15, 0.2) is 24.3 Å². The molecule has 20 heavy (non-hydrogen) atoms. The second-order valence-electron chi connectivity index (χ2n) is 5.87. The quantitative estimate of drug-likeness (QED) is 0.862. The molecule has 0 aliphatic carbocycles. The van der Waals surface area contributed by atoms with Gasteiger partial charge in [0.2, 0.25) is 0 Å². The van der Waals surface area contributed by atoms with Crippen molar-refractivity contribution in [2.45, 2.75) is 52.4 Å². The number of hydrogen-bond donors (Lipinski definition) is 1. The van der Waals surface area contributed by atoms with Crippen molar-refractivity contribution in [2.24, 2.45) is 5.92 Å². The van der Waals surface area contributed by atoms with E-state index >= 15 is 0 Å². The highest BCUT2D eigenvalue weighted by molar-refractivity contribution is 5.30. The SMILES string of the molecule is CCNC(c1ccc(OC(C)C)cc1)C1OCCC1C. The van der Waals surface area contributed by atoms with Crippen LogP contribution in [0.2, 0.25) is 0 Å². The molecular weight excluding hydrogens is 250 g/mol. The first-order valence-electron chi connectivity index (χ1n) is 7.73. The zero-order valence-corrected chi connectivity index (χ0v) is 13.1. The average Bonchev–Trinajstić information content (AvgIpc) is 2.83. The second kappa shape index (κ2) is 7.09. The van der Waals surface area contributed by atoms with Crippen molar-refractivity contribution in [3.63, 3.8) is 0 Å². The summed E-state index contributed by atoms with van der Waals surface area (Å²) in [4.78, 5) is 0. The Morgan fingerprint density at radius 1 is 1.30 bits per heavy atom. The average molecular weight is 277 g/mol. The van der Waals surface area contributed by atoms with Gasteiger partial charge >= 0.3 is 0 Å². The van der Waals surface area contributed by atoms with Crippen molar-refractivity contribution in [1.29, 1.82) is 0 Å². The number of hydrogen-bond acceptors (Lipinski definition) is 3. The topological polar surface area (TPSA) is 30.5 Å². The van der Waals surface area contributed by atoms with E-state index in [0.717, 1.165) is 25.3 Å². The monoisotopic (exact) mass is 277 g/mol. The van der Waals surface area contributed by atoms with Crippen molar-refractivity contribution in [3.05, 3.63) is 29.8 Å². The summed E-state index contributed by atoms with van der Waals surface area (Å²) in [5, 5.41) is 3.57. The van der Waals surface area contributed by atoms with Crippen LogP contribution in [-0.2, 0) is 4.74 Å². The molecule has 1 N–H and O–H groups in total. The summed E-state index contributed by atoms with van der Waals surface area (Å²) in [5.41, 5.74) is 1.28. The Kier molecular flexibility index (Phi) is 5.44. The smallest absolute Gasteiger partial charge is 0.119 e. The molecule has 3 heteroatoms. The third kappa shape index (κ3) is 3.74. The molecule has 0 amide bonds. The lowest BCUT2D eigenvalue weighted by Crippen LogP contribution is -2.34. The highest BCUT2D eigenvalue weighted by atomic mass is 16.5. The maximum atomic E-state index is 5.94. The molecule has 3 unspecified atom stereocenters. The first-order valence-corrected chi connectivity index (χ1v) is 7.73. The maximum absolute atomic E-state index is 5.94. The Labute approximate surface area is 122 Å². The molecule has 1 saturated heterocycles. The lowest BCUT2D eigenvalue weighted by atomic mass is 9.92. The number of nitrogens with one attached hydrogen (secondary N) is 1. The molecule has 2 rings (SSSR count). The summed E-state index contributed by atoms with van der Waals surface area (Å²) in [7, 11) is 0. The predicted octanol–water partition coefficient (Wildman–Crippen LogP) is 3.55. The van der Waals surface area contributed by atoms with Crippen LogP contribution >= 0.6 is 0 Å². The fourth-order valence-corrected chi connectivity index (χ4v) is 2.81. The Hall–Kier alpha value is -1.06. The van der Waals surface area contributed by atoms with Gasteiger partial charge in [-0.25, -0.2) is 0 Å². The third-order valence-corrected chi connectivity index (χ3v) is 3.81. The number of benzene rings is 1. The van der Waals surface area contributed by atoms with Gasteiger partial charge in [-0.05, 0) is 50.4 Å². The molecule has 0 spiro atoms. The minimum atomic E-state index is 0.212. The summed E-state index contributed by atoms with van der Waals surface area (Å²) < 4.78 is 11.6.